The molecule has 0 aliphatic carbocycles. The third kappa shape index (κ3) is 3.64. The Labute approximate surface area is 116 Å². The van der Waals surface area contributed by atoms with Crippen LogP contribution in [0.4, 0.5) is 4.39 Å². The molecule has 4 heteroatoms. The summed E-state index contributed by atoms with van der Waals surface area (Å²) in [7, 11) is 0. The number of halogens is 1. The molecule has 0 radical (unpaired) electrons. The van der Waals surface area contributed by atoms with Crippen LogP contribution in [0, 0.1) is 5.82 Å². The third-order valence-corrected chi connectivity index (χ3v) is 3.75. The van der Waals surface area contributed by atoms with E-state index in [-0.39, 0.29) is 17.8 Å². The Morgan fingerprint density at radius 3 is 2.63 bits per heavy atom. The fourth-order valence-corrected chi connectivity index (χ4v) is 2.69. The van der Waals surface area contributed by atoms with Crippen molar-refractivity contribution >= 4 is 17.2 Å². The van der Waals surface area contributed by atoms with Crippen molar-refractivity contribution in [2.45, 2.75) is 25.8 Å². The van der Waals surface area contributed by atoms with Crippen molar-refractivity contribution in [3.63, 3.8) is 0 Å². The summed E-state index contributed by atoms with van der Waals surface area (Å²) in [5.74, 6) is -0.251. The molecule has 100 valence electrons. The lowest BCUT2D eigenvalue weighted by Crippen LogP contribution is -2.28. The van der Waals surface area contributed by atoms with Gasteiger partial charge >= 0.3 is 0 Å². The number of hydrogen-bond acceptors (Lipinski definition) is 2. The van der Waals surface area contributed by atoms with E-state index in [1.54, 1.807) is 23.5 Å². The molecule has 2 nitrogen and oxygen atoms in total. The van der Waals surface area contributed by atoms with Gasteiger partial charge in [-0.2, -0.15) is 0 Å². The van der Waals surface area contributed by atoms with Gasteiger partial charge in [0, 0.05) is 11.3 Å². The molecular formula is C15H16FNOS. The SMILES string of the molecule is CCCC(=O)N[C@@H](c1ccc(F)cc1)c1cccs1. The van der Waals surface area contributed by atoms with Gasteiger partial charge in [-0.25, -0.2) is 4.39 Å². The molecule has 1 atom stereocenters. The number of nitrogens with one attached hydrogen (secondary N) is 1. The lowest BCUT2D eigenvalue weighted by atomic mass is 10.0. The summed E-state index contributed by atoms with van der Waals surface area (Å²) < 4.78 is 13.0. The van der Waals surface area contributed by atoms with Gasteiger partial charge in [0.25, 0.3) is 0 Å². The summed E-state index contributed by atoms with van der Waals surface area (Å²) in [6, 6.07) is 9.99. The molecule has 1 heterocycles. The van der Waals surface area contributed by atoms with Crippen LogP contribution in [0.25, 0.3) is 0 Å². The molecule has 1 aromatic carbocycles. The van der Waals surface area contributed by atoms with Crippen LogP contribution in [0.5, 0.6) is 0 Å². The molecule has 1 amide bonds. The zero-order valence-electron chi connectivity index (χ0n) is 10.7. The molecule has 0 saturated carbocycles. The summed E-state index contributed by atoms with van der Waals surface area (Å²) in [6.07, 6.45) is 1.31. The van der Waals surface area contributed by atoms with Crippen molar-refractivity contribution in [3.05, 3.63) is 58.0 Å². The Morgan fingerprint density at radius 2 is 2.05 bits per heavy atom. The molecule has 0 unspecified atom stereocenters. The van der Waals surface area contributed by atoms with E-state index in [0.717, 1.165) is 16.9 Å². The fourth-order valence-electron chi connectivity index (χ4n) is 1.89. The van der Waals surface area contributed by atoms with Crippen molar-refractivity contribution in [1.29, 1.82) is 0 Å². The highest BCUT2D eigenvalue weighted by atomic mass is 32.1. The maximum atomic E-state index is 13.0. The number of carbonyl (C=O) groups is 1. The number of benzene rings is 1. The summed E-state index contributed by atoms with van der Waals surface area (Å²) in [4.78, 5) is 12.9. The minimum atomic E-state index is -0.270. The van der Waals surface area contributed by atoms with Crippen LogP contribution in [0.3, 0.4) is 0 Å². The van der Waals surface area contributed by atoms with E-state index >= 15 is 0 Å². The van der Waals surface area contributed by atoms with Crippen LogP contribution in [0.15, 0.2) is 41.8 Å². The first kappa shape index (κ1) is 13.7. The first-order valence-electron chi connectivity index (χ1n) is 6.29. The van der Waals surface area contributed by atoms with Crippen molar-refractivity contribution < 1.29 is 9.18 Å². The number of rotatable bonds is 5. The Balaban J connectivity index is 2.24. The molecule has 1 aromatic heterocycles. The van der Waals surface area contributed by atoms with Crippen molar-refractivity contribution in [1.82, 2.24) is 5.32 Å². The molecule has 2 aromatic rings. The van der Waals surface area contributed by atoms with Crippen LogP contribution >= 0.6 is 11.3 Å². The Hall–Kier alpha value is -1.68. The van der Waals surface area contributed by atoms with Crippen molar-refractivity contribution in [2.75, 3.05) is 0 Å². The first-order valence-corrected chi connectivity index (χ1v) is 7.17. The largest absolute Gasteiger partial charge is 0.344 e. The molecule has 2 rings (SSSR count). The van der Waals surface area contributed by atoms with Crippen LogP contribution in [-0.2, 0) is 4.79 Å². The Kier molecular flexibility index (Phi) is 4.68. The van der Waals surface area contributed by atoms with Gasteiger partial charge in [-0.1, -0.05) is 25.1 Å². The summed E-state index contributed by atoms with van der Waals surface area (Å²) >= 11 is 1.58. The highest BCUT2D eigenvalue weighted by Gasteiger charge is 2.17. The second-order valence-corrected chi connectivity index (χ2v) is 5.30. The second-order valence-electron chi connectivity index (χ2n) is 4.32. The summed E-state index contributed by atoms with van der Waals surface area (Å²) in [5, 5.41) is 4.98. The first-order chi connectivity index (χ1) is 9.20. The van der Waals surface area contributed by atoms with Crippen LogP contribution in [-0.4, -0.2) is 5.91 Å². The molecule has 0 spiro atoms. The lowest BCUT2D eigenvalue weighted by molar-refractivity contribution is -0.121. The van der Waals surface area contributed by atoms with Gasteiger partial charge < -0.3 is 5.32 Å². The van der Waals surface area contributed by atoms with Gasteiger partial charge in [-0.15, -0.1) is 11.3 Å². The van der Waals surface area contributed by atoms with E-state index in [2.05, 4.69) is 5.32 Å². The van der Waals surface area contributed by atoms with Gasteiger partial charge in [-0.3, -0.25) is 4.79 Å². The van der Waals surface area contributed by atoms with E-state index in [1.807, 2.05) is 24.4 Å². The topological polar surface area (TPSA) is 29.1 Å². The van der Waals surface area contributed by atoms with Crippen LogP contribution in [0.2, 0.25) is 0 Å². The van der Waals surface area contributed by atoms with Gasteiger partial charge in [0.1, 0.15) is 5.82 Å². The molecule has 0 saturated heterocycles. The molecule has 0 aliphatic rings. The van der Waals surface area contributed by atoms with Crippen LogP contribution < -0.4 is 5.32 Å². The van der Waals surface area contributed by atoms with E-state index in [9.17, 15) is 9.18 Å². The minimum absolute atomic E-state index is 0.0187. The maximum Gasteiger partial charge on any atom is 0.220 e. The molecule has 1 N–H and O–H groups in total. The quantitative estimate of drug-likeness (QED) is 0.882. The standard InChI is InChI=1S/C15H16FNOS/c1-2-4-14(18)17-15(13-5-3-10-19-13)11-6-8-12(16)9-7-11/h3,5-10,15H,2,4H2,1H3,(H,17,18)/t15-/m0/s1. The van der Waals surface area contributed by atoms with Gasteiger partial charge in [0.2, 0.25) is 5.91 Å². The predicted octanol–water partition coefficient (Wildman–Crippen LogP) is 3.89. The van der Waals surface area contributed by atoms with Crippen LogP contribution in [0.1, 0.15) is 36.2 Å². The van der Waals surface area contributed by atoms with E-state index in [4.69, 9.17) is 0 Å². The lowest BCUT2D eigenvalue weighted by Gasteiger charge is -2.18. The predicted molar refractivity (Wildman–Crippen MR) is 75.6 cm³/mol. The second kappa shape index (κ2) is 6.48. The van der Waals surface area contributed by atoms with E-state index in [1.165, 1.54) is 12.1 Å². The monoisotopic (exact) mass is 277 g/mol. The van der Waals surface area contributed by atoms with Gasteiger partial charge in [0.05, 0.1) is 6.04 Å². The summed E-state index contributed by atoms with van der Waals surface area (Å²) in [6.45, 7) is 1.97. The molecular weight excluding hydrogens is 261 g/mol. The number of hydrogen-bond donors (Lipinski definition) is 1. The molecule has 0 aliphatic heterocycles. The highest BCUT2D eigenvalue weighted by Crippen LogP contribution is 2.26. The zero-order valence-corrected chi connectivity index (χ0v) is 11.5. The van der Waals surface area contributed by atoms with Gasteiger partial charge in [0.15, 0.2) is 0 Å². The number of carbonyl (C=O) groups excluding carboxylic acids is 1. The maximum absolute atomic E-state index is 13.0. The molecule has 0 fully saturated rings. The highest BCUT2D eigenvalue weighted by molar-refractivity contribution is 7.10. The summed E-state index contributed by atoms with van der Waals surface area (Å²) in [5.41, 5.74) is 0.897. The molecule has 19 heavy (non-hydrogen) atoms. The smallest absolute Gasteiger partial charge is 0.220 e. The van der Waals surface area contributed by atoms with Crippen molar-refractivity contribution in [2.24, 2.45) is 0 Å². The normalized spacial score (nSPS) is 12.1. The fraction of sp³-hybridized carbons (Fsp3) is 0.267. The zero-order chi connectivity index (χ0) is 13.7. The van der Waals surface area contributed by atoms with Gasteiger partial charge in [-0.05, 0) is 35.6 Å². The number of amides is 1. The third-order valence-electron chi connectivity index (χ3n) is 2.81. The average Bonchev–Trinajstić information content (AvgIpc) is 2.91. The molecule has 0 bridgehead atoms. The van der Waals surface area contributed by atoms with Crippen molar-refractivity contribution in [3.8, 4) is 0 Å². The van der Waals surface area contributed by atoms with E-state index in [0.29, 0.717) is 6.42 Å². The Bertz CT molecular complexity index is 522. The minimum Gasteiger partial charge on any atom is -0.344 e. The van der Waals surface area contributed by atoms with E-state index < -0.39 is 0 Å². The number of thiophene rings is 1. The average molecular weight is 277 g/mol. The Morgan fingerprint density at radius 1 is 1.32 bits per heavy atom.